The highest BCUT2D eigenvalue weighted by atomic mass is 16.5. The number of carbonyl (C=O) groups is 1. The topological polar surface area (TPSA) is 68.7 Å². The third-order valence-corrected chi connectivity index (χ3v) is 2.73. The van der Waals surface area contributed by atoms with E-state index in [1.807, 2.05) is 18.2 Å². The van der Waals surface area contributed by atoms with Crippen LogP contribution in [0.4, 0.5) is 0 Å². The molecule has 0 aliphatic heterocycles. The molecule has 0 unspecified atom stereocenters. The van der Waals surface area contributed by atoms with Gasteiger partial charge in [-0.2, -0.15) is 0 Å². The van der Waals surface area contributed by atoms with E-state index in [1.165, 1.54) is 6.08 Å². The van der Waals surface area contributed by atoms with E-state index in [0.29, 0.717) is 23.7 Å². The average Bonchev–Trinajstić information content (AvgIpc) is 2.52. The summed E-state index contributed by atoms with van der Waals surface area (Å²) in [5.41, 5.74) is 1.45. The number of rotatable bonds is 6. The van der Waals surface area contributed by atoms with E-state index in [1.54, 1.807) is 31.5 Å². The molecule has 1 aromatic carbocycles. The van der Waals surface area contributed by atoms with Crippen LogP contribution in [0.5, 0.6) is 11.5 Å². The van der Waals surface area contributed by atoms with Gasteiger partial charge in [-0.05, 0) is 30.3 Å². The van der Waals surface area contributed by atoms with Gasteiger partial charge in [0.25, 0.3) is 0 Å². The van der Waals surface area contributed by atoms with Gasteiger partial charge in [-0.3, -0.25) is 4.98 Å². The van der Waals surface area contributed by atoms with Gasteiger partial charge < -0.3 is 14.6 Å². The SMILES string of the molecule is COc1ccc(/C=C/C(=O)O)c(OCc2ccccn2)c1. The zero-order chi connectivity index (χ0) is 15.1. The van der Waals surface area contributed by atoms with Crippen molar-refractivity contribution in [1.82, 2.24) is 4.98 Å². The molecule has 0 saturated heterocycles. The lowest BCUT2D eigenvalue weighted by atomic mass is 10.1. The van der Waals surface area contributed by atoms with E-state index >= 15 is 0 Å². The Hall–Kier alpha value is -2.82. The lowest BCUT2D eigenvalue weighted by Crippen LogP contribution is -1.99. The first-order valence-corrected chi connectivity index (χ1v) is 6.31. The van der Waals surface area contributed by atoms with Crippen molar-refractivity contribution < 1.29 is 19.4 Å². The first kappa shape index (κ1) is 14.6. The van der Waals surface area contributed by atoms with Crippen molar-refractivity contribution in [3.8, 4) is 11.5 Å². The summed E-state index contributed by atoms with van der Waals surface area (Å²) >= 11 is 0. The van der Waals surface area contributed by atoms with Crippen LogP contribution in [0.2, 0.25) is 0 Å². The molecule has 0 aliphatic rings. The third kappa shape index (κ3) is 4.35. The van der Waals surface area contributed by atoms with Gasteiger partial charge in [-0.25, -0.2) is 4.79 Å². The van der Waals surface area contributed by atoms with Crippen LogP contribution in [0.3, 0.4) is 0 Å². The summed E-state index contributed by atoms with van der Waals surface area (Å²) in [5, 5.41) is 8.71. The number of aromatic nitrogens is 1. The molecule has 1 aromatic heterocycles. The number of hydrogen-bond acceptors (Lipinski definition) is 4. The maximum absolute atomic E-state index is 10.6. The number of methoxy groups -OCH3 is 1. The molecule has 0 atom stereocenters. The van der Waals surface area contributed by atoms with Crippen molar-refractivity contribution in [3.63, 3.8) is 0 Å². The molecule has 1 N–H and O–H groups in total. The number of carboxylic acids is 1. The Kier molecular flexibility index (Phi) is 4.93. The summed E-state index contributed by atoms with van der Waals surface area (Å²) in [4.78, 5) is 14.8. The number of hydrogen-bond donors (Lipinski definition) is 1. The molecule has 0 aliphatic carbocycles. The number of nitrogens with zero attached hydrogens (tertiary/aromatic N) is 1. The van der Waals surface area contributed by atoms with Crippen molar-refractivity contribution >= 4 is 12.0 Å². The minimum absolute atomic E-state index is 0.294. The second-order valence-corrected chi connectivity index (χ2v) is 4.19. The van der Waals surface area contributed by atoms with Crippen molar-refractivity contribution in [2.45, 2.75) is 6.61 Å². The summed E-state index contributed by atoms with van der Waals surface area (Å²) in [6, 6.07) is 10.8. The zero-order valence-electron chi connectivity index (χ0n) is 11.5. The molecule has 108 valence electrons. The number of carboxylic acid groups (broad SMARTS) is 1. The van der Waals surface area contributed by atoms with Crippen molar-refractivity contribution in [2.75, 3.05) is 7.11 Å². The number of ether oxygens (including phenoxy) is 2. The van der Waals surface area contributed by atoms with Gasteiger partial charge >= 0.3 is 5.97 Å². The number of benzene rings is 1. The molecular formula is C16H15NO4. The van der Waals surface area contributed by atoms with E-state index in [9.17, 15) is 4.79 Å². The normalized spacial score (nSPS) is 10.5. The standard InChI is InChI=1S/C16H15NO4/c1-20-14-7-5-12(6-8-16(18)19)15(10-14)21-11-13-4-2-3-9-17-13/h2-10H,11H2,1H3,(H,18,19)/b8-6+. The van der Waals surface area contributed by atoms with Crippen LogP contribution in [0.1, 0.15) is 11.3 Å². The molecule has 0 bridgehead atoms. The fraction of sp³-hybridized carbons (Fsp3) is 0.125. The van der Waals surface area contributed by atoms with Crippen LogP contribution in [0, 0.1) is 0 Å². The smallest absolute Gasteiger partial charge is 0.328 e. The van der Waals surface area contributed by atoms with Gasteiger partial charge in [0.15, 0.2) is 0 Å². The molecule has 5 heteroatoms. The fourth-order valence-electron chi connectivity index (χ4n) is 1.70. The Balaban J connectivity index is 2.20. The average molecular weight is 285 g/mol. The number of pyridine rings is 1. The molecule has 0 radical (unpaired) electrons. The summed E-state index contributed by atoms with van der Waals surface area (Å²) in [5.74, 6) is 0.164. The van der Waals surface area contributed by atoms with Crippen molar-refractivity contribution in [1.29, 1.82) is 0 Å². The quantitative estimate of drug-likeness (QED) is 0.826. The predicted molar refractivity (Wildman–Crippen MR) is 78.2 cm³/mol. The maximum atomic E-state index is 10.6. The van der Waals surface area contributed by atoms with Crippen LogP contribution in [-0.4, -0.2) is 23.2 Å². The van der Waals surface area contributed by atoms with E-state index in [2.05, 4.69) is 4.98 Å². The molecule has 21 heavy (non-hydrogen) atoms. The van der Waals surface area contributed by atoms with E-state index in [0.717, 1.165) is 11.8 Å². The molecule has 0 spiro atoms. The second-order valence-electron chi connectivity index (χ2n) is 4.19. The largest absolute Gasteiger partial charge is 0.497 e. The Morgan fingerprint density at radius 1 is 1.33 bits per heavy atom. The predicted octanol–water partition coefficient (Wildman–Crippen LogP) is 2.77. The maximum Gasteiger partial charge on any atom is 0.328 e. The summed E-state index contributed by atoms with van der Waals surface area (Å²) in [7, 11) is 1.56. The highest BCUT2D eigenvalue weighted by Crippen LogP contribution is 2.26. The summed E-state index contributed by atoms with van der Waals surface area (Å²) in [6.45, 7) is 0.294. The molecule has 0 fully saturated rings. The zero-order valence-corrected chi connectivity index (χ0v) is 11.5. The van der Waals surface area contributed by atoms with E-state index in [4.69, 9.17) is 14.6 Å². The summed E-state index contributed by atoms with van der Waals surface area (Å²) in [6.07, 6.45) is 4.24. The second kappa shape index (κ2) is 7.09. The molecular weight excluding hydrogens is 270 g/mol. The molecule has 5 nitrogen and oxygen atoms in total. The lowest BCUT2D eigenvalue weighted by Gasteiger charge is -2.10. The lowest BCUT2D eigenvalue weighted by molar-refractivity contribution is -0.131. The molecule has 1 heterocycles. The van der Waals surface area contributed by atoms with Crippen LogP contribution in [0.15, 0.2) is 48.7 Å². The van der Waals surface area contributed by atoms with Gasteiger partial charge in [0.2, 0.25) is 0 Å². The van der Waals surface area contributed by atoms with Crippen LogP contribution in [0.25, 0.3) is 6.08 Å². The Labute approximate surface area is 122 Å². The fourth-order valence-corrected chi connectivity index (χ4v) is 1.70. The van der Waals surface area contributed by atoms with Crippen molar-refractivity contribution in [2.24, 2.45) is 0 Å². The first-order valence-electron chi connectivity index (χ1n) is 6.31. The van der Waals surface area contributed by atoms with Crippen LogP contribution >= 0.6 is 0 Å². The molecule has 2 aromatic rings. The van der Waals surface area contributed by atoms with Crippen LogP contribution in [-0.2, 0) is 11.4 Å². The Bertz CT molecular complexity index is 638. The minimum atomic E-state index is -1.01. The van der Waals surface area contributed by atoms with Gasteiger partial charge in [0, 0.05) is 23.9 Å². The first-order chi connectivity index (χ1) is 10.2. The molecule has 0 amide bonds. The monoisotopic (exact) mass is 285 g/mol. The molecule has 0 saturated carbocycles. The third-order valence-electron chi connectivity index (χ3n) is 2.73. The van der Waals surface area contributed by atoms with E-state index in [-0.39, 0.29) is 0 Å². The summed E-state index contributed by atoms with van der Waals surface area (Å²) < 4.78 is 10.9. The Morgan fingerprint density at radius 3 is 2.86 bits per heavy atom. The number of aliphatic carboxylic acids is 1. The minimum Gasteiger partial charge on any atom is -0.497 e. The Morgan fingerprint density at radius 2 is 2.19 bits per heavy atom. The molecule has 2 rings (SSSR count). The van der Waals surface area contributed by atoms with Gasteiger partial charge in [-0.1, -0.05) is 6.07 Å². The van der Waals surface area contributed by atoms with Crippen molar-refractivity contribution in [3.05, 3.63) is 59.9 Å². The van der Waals surface area contributed by atoms with Gasteiger partial charge in [0.1, 0.15) is 18.1 Å². The van der Waals surface area contributed by atoms with Gasteiger partial charge in [-0.15, -0.1) is 0 Å². The highest BCUT2D eigenvalue weighted by Gasteiger charge is 2.05. The van der Waals surface area contributed by atoms with Crippen LogP contribution < -0.4 is 9.47 Å². The van der Waals surface area contributed by atoms with E-state index < -0.39 is 5.97 Å². The highest BCUT2D eigenvalue weighted by molar-refractivity contribution is 5.86. The van der Waals surface area contributed by atoms with Gasteiger partial charge in [0.05, 0.1) is 12.8 Å².